The van der Waals surface area contributed by atoms with Crippen LogP contribution in [0.15, 0.2) is 16.6 Å². The Morgan fingerprint density at radius 1 is 1.47 bits per heavy atom. The van der Waals surface area contributed by atoms with Crippen LogP contribution in [0.25, 0.3) is 0 Å². The van der Waals surface area contributed by atoms with Crippen LogP contribution in [0.4, 0.5) is 15.8 Å². The highest BCUT2D eigenvalue weighted by molar-refractivity contribution is 9.10. The molecule has 3 rings (SSSR count). The summed E-state index contributed by atoms with van der Waals surface area (Å²) in [6, 6.07) is 4.05. The van der Waals surface area contributed by atoms with Gasteiger partial charge in [0.25, 0.3) is 0 Å². The lowest BCUT2D eigenvalue weighted by molar-refractivity contribution is 0.350. The first-order valence-electron chi connectivity index (χ1n) is 6.16. The summed E-state index contributed by atoms with van der Waals surface area (Å²) in [6.45, 7) is 4.32. The SMILES string of the molecule is CC1CCCN2c3cc(Br)c(F)cc3NCC12. The second kappa shape index (κ2) is 4.16. The molecule has 2 aliphatic rings. The smallest absolute Gasteiger partial charge is 0.139 e. The van der Waals surface area contributed by atoms with Crippen LogP contribution in [-0.4, -0.2) is 19.1 Å². The van der Waals surface area contributed by atoms with Crippen molar-refractivity contribution in [1.29, 1.82) is 0 Å². The van der Waals surface area contributed by atoms with Crippen molar-refractivity contribution in [1.82, 2.24) is 0 Å². The van der Waals surface area contributed by atoms with Crippen molar-refractivity contribution >= 4 is 27.3 Å². The minimum Gasteiger partial charge on any atom is -0.381 e. The summed E-state index contributed by atoms with van der Waals surface area (Å²) in [6.07, 6.45) is 2.52. The highest BCUT2D eigenvalue weighted by Crippen LogP contribution is 2.39. The minimum atomic E-state index is -0.195. The van der Waals surface area contributed by atoms with Crippen molar-refractivity contribution in [3.63, 3.8) is 0 Å². The van der Waals surface area contributed by atoms with Gasteiger partial charge in [-0.05, 0) is 40.8 Å². The molecule has 1 saturated heterocycles. The molecule has 0 radical (unpaired) electrons. The number of halogens is 2. The summed E-state index contributed by atoms with van der Waals surface area (Å²) in [7, 11) is 0. The number of hydrogen-bond acceptors (Lipinski definition) is 2. The van der Waals surface area contributed by atoms with Crippen LogP contribution in [0.1, 0.15) is 19.8 Å². The van der Waals surface area contributed by atoms with Crippen LogP contribution in [0.2, 0.25) is 0 Å². The van der Waals surface area contributed by atoms with E-state index in [2.05, 4.69) is 33.1 Å². The Hall–Kier alpha value is -0.770. The largest absolute Gasteiger partial charge is 0.381 e. The zero-order valence-corrected chi connectivity index (χ0v) is 11.4. The molecule has 0 spiro atoms. The molecule has 0 bridgehead atoms. The topological polar surface area (TPSA) is 15.3 Å². The molecule has 2 heterocycles. The van der Waals surface area contributed by atoms with Gasteiger partial charge in [0.2, 0.25) is 0 Å². The third-order valence-electron chi connectivity index (χ3n) is 3.97. The lowest BCUT2D eigenvalue weighted by Crippen LogP contribution is -2.51. The normalized spacial score (nSPS) is 27.1. The first-order valence-corrected chi connectivity index (χ1v) is 6.95. The van der Waals surface area contributed by atoms with E-state index in [0.29, 0.717) is 16.4 Å². The summed E-state index contributed by atoms with van der Waals surface area (Å²) in [5.41, 5.74) is 2.07. The van der Waals surface area contributed by atoms with Gasteiger partial charge in [-0.1, -0.05) is 6.92 Å². The Morgan fingerprint density at radius 3 is 3.12 bits per heavy atom. The van der Waals surface area contributed by atoms with Crippen molar-refractivity contribution in [2.24, 2.45) is 5.92 Å². The number of fused-ring (bicyclic) bond motifs is 3. The van der Waals surface area contributed by atoms with Gasteiger partial charge in [-0.3, -0.25) is 0 Å². The van der Waals surface area contributed by atoms with Crippen LogP contribution < -0.4 is 10.2 Å². The average molecular weight is 299 g/mol. The highest BCUT2D eigenvalue weighted by Gasteiger charge is 2.33. The summed E-state index contributed by atoms with van der Waals surface area (Å²) < 4.78 is 14.1. The van der Waals surface area contributed by atoms with Gasteiger partial charge in [-0.25, -0.2) is 4.39 Å². The van der Waals surface area contributed by atoms with Gasteiger partial charge >= 0.3 is 0 Å². The lowest BCUT2D eigenvalue weighted by atomic mass is 9.88. The number of nitrogens with zero attached hydrogens (tertiary/aromatic N) is 1. The van der Waals surface area contributed by atoms with Gasteiger partial charge < -0.3 is 10.2 Å². The molecule has 4 heteroatoms. The van der Waals surface area contributed by atoms with Crippen LogP contribution in [0.3, 0.4) is 0 Å². The van der Waals surface area contributed by atoms with E-state index in [9.17, 15) is 4.39 Å². The number of hydrogen-bond donors (Lipinski definition) is 1. The van der Waals surface area contributed by atoms with Crippen molar-refractivity contribution < 1.29 is 4.39 Å². The van der Waals surface area contributed by atoms with Crippen molar-refractivity contribution in [3.8, 4) is 0 Å². The fourth-order valence-electron chi connectivity index (χ4n) is 2.99. The molecule has 2 unspecified atom stereocenters. The predicted octanol–water partition coefficient (Wildman–Crippen LogP) is 3.62. The Morgan fingerprint density at radius 2 is 2.29 bits per heavy atom. The molecule has 2 aliphatic heterocycles. The average Bonchev–Trinajstić information content (AvgIpc) is 2.31. The maximum absolute atomic E-state index is 13.5. The summed E-state index contributed by atoms with van der Waals surface area (Å²) in [5, 5.41) is 3.36. The van der Waals surface area contributed by atoms with Crippen molar-refractivity contribution in [2.45, 2.75) is 25.8 Å². The van der Waals surface area contributed by atoms with Crippen LogP contribution in [-0.2, 0) is 0 Å². The fourth-order valence-corrected chi connectivity index (χ4v) is 3.32. The van der Waals surface area contributed by atoms with E-state index in [1.807, 2.05) is 6.07 Å². The fraction of sp³-hybridized carbons (Fsp3) is 0.538. The van der Waals surface area contributed by atoms with Gasteiger partial charge in [0, 0.05) is 25.2 Å². The van der Waals surface area contributed by atoms with E-state index >= 15 is 0 Å². The monoisotopic (exact) mass is 298 g/mol. The van der Waals surface area contributed by atoms with E-state index in [0.717, 1.165) is 24.5 Å². The third-order valence-corrected chi connectivity index (χ3v) is 4.57. The van der Waals surface area contributed by atoms with Gasteiger partial charge in [0.1, 0.15) is 5.82 Å². The summed E-state index contributed by atoms with van der Waals surface area (Å²) in [4.78, 5) is 2.43. The first kappa shape index (κ1) is 11.3. The van der Waals surface area contributed by atoms with Gasteiger partial charge in [0.15, 0.2) is 0 Å². The maximum atomic E-state index is 13.5. The summed E-state index contributed by atoms with van der Waals surface area (Å²) >= 11 is 3.28. The molecule has 17 heavy (non-hydrogen) atoms. The second-order valence-corrected chi connectivity index (χ2v) is 5.90. The lowest BCUT2D eigenvalue weighted by Gasteiger charge is -2.45. The zero-order chi connectivity index (χ0) is 12.0. The van der Waals surface area contributed by atoms with Crippen molar-refractivity contribution in [2.75, 3.05) is 23.3 Å². The van der Waals surface area contributed by atoms with E-state index < -0.39 is 0 Å². The quantitative estimate of drug-likeness (QED) is 0.787. The van der Waals surface area contributed by atoms with Gasteiger partial charge in [-0.15, -0.1) is 0 Å². The zero-order valence-electron chi connectivity index (χ0n) is 9.84. The van der Waals surface area contributed by atoms with Crippen molar-refractivity contribution in [3.05, 3.63) is 22.4 Å². The third kappa shape index (κ3) is 1.82. The predicted molar refractivity (Wildman–Crippen MR) is 72.1 cm³/mol. The molecule has 0 saturated carbocycles. The second-order valence-electron chi connectivity index (χ2n) is 5.04. The van der Waals surface area contributed by atoms with E-state index in [4.69, 9.17) is 0 Å². The number of nitrogens with one attached hydrogen (secondary N) is 1. The highest BCUT2D eigenvalue weighted by atomic mass is 79.9. The van der Waals surface area contributed by atoms with Gasteiger partial charge in [-0.2, -0.15) is 0 Å². The van der Waals surface area contributed by atoms with Crippen LogP contribution >= 0.6 is 15.9 Å². The number of rotatable bonds is 0. The van der Waals surface area contributed by atoms with Gasteiger partial charge in [0.05, 0.1) is 15.8 Å². The molecule has 1 aromatic carbocycles. The number of benzene rings is 1. The molecule has 1 fully saturated rings. The molecule has 0 aliphatic carbocycles. The molecule has 1 N–H and O–H groups in total. The summed E-state index contributed by atoms with van der Waals surface area (Å²) in [5.74, 6) is 0.507. The van der Waals surface area contributed by atoms with Crippen LogP contribution in [0.5, 0.6) is 0 Å². The number of anilines is 2. The minimum absolute atomic E-state index is 0.195. The first-order chi connectivity index (χ1) is 8.16. The Kier molecular flexibility index (Phi) is 2.77. The molecule has 2 nitrogen and oxygen atoms in total. The Balaban J connectivity index is 2.03. The van der Waals surface area contributed by atoms with Crippen LogP contribution in [0, 0.1) is 11.7 Å². The maximum Gasteiger partial charge on any atom is 0.139 e. The molecule has 2 atom stereocenters. The Labute approximate surface area is 109 Å². The van der Waals surface area contributed by atoms with E-state index in [1.165, 1.54) is 12.8 Å². The standard InChI is InChI=1S/C13H16BrFN2/c1-8-3-2-4-17-12-5-9(14)10(15)6-11(12)16-7-13(8)17/h5-6,8,13,16H,2-4,7H2,1H3. The number of piperidine rings is 1. The van der Waals surface area contributed by atoms with E-state index in [1.54, 1.807) is 6.07 Å². The Bertz CT molecular complexity index is 449. The molecular formula is C13H16BrFN2. The molecule has 1 aromatic rings. The molecule has 0 aromatic heterocycles. The van der Waals surface area contributed by atoms with E-state index in [-0.39, 0.29) is 5.82 Å². The molecule has 92 valence electrons. The molecular weight excluding hydrogens is 283 g/mol. The molecule has 0 amide bonds.